The summed E-state index contributed by atoms with van der Waals surface area (Å²) in [7, 11) is 3.62. The minimum atomic E-state index is 0.176. The Balaban J connectivity index is 3.10. The van der Waals surface area contributed by atoms with E-state index >= 15 is 0 Å². The van der Waals surface area contributed by atoms with Crippen LogP contribution in [0.5, 0.6) is 5.75 Å². The van der Waals surface area contributed by atoms with Crippen molar-refractivity contribution in [1.29, 1.82) is 0 Å². The minimum Gasteiger partial charge on any atom is -0.496 e. The SMILES string of the molecule is CNC(C)c1c(OC)cccc1SC(C)CO. The third kappa shape index (κ3) is 3.63. The Hall–Kier alpha value is -0.710. The maximum absolute atomic E-state index is 9.14. The van der Waals surface area contributed by atoms with Crippen molar-refractivity contribution in [1.82, 2.24) is 5.32 Å². The Kier molecular flexibility index (Phi) is 5.82. The molecule has 2 unspecified atom stereocenters. The zero-order valence-corrected chi connectivity index (χ0v) is 11.7. The van der Waals surface area contributed by atoms with Crippen LogP contribution in [0, 0.1) is 0 Å². The predicted octanol–water partition coefficient (Wildman–Crippen LogP) is 2.45. The summed E-state index contributed by atoms with van der Waals surface area (Å²) in [5, 5.41) is 12.6. The summed E-state index contributed by atoms with van der Waals surface area (Å²) in [4.78, 5) is 1.16. The van der Waals surface area contributed by atoms with Gasteiger partial charge >= 0.3 is 0 Å². The normalized spacial score (nSPS) is 14.4. The van der Waals surface area contributed by atoms with Gasteiger partial charge in [0, 0.05) is 21.8 Å². The molecule has 3 nitrogen and oxygen atoms in total. The van der Waals surface area contributed by atoms with Crippen LogP contribution in [0.3, 0.4) is 0 Å². The van der Waals surface area contributed by atoms with Crippen LogP contribution in [-0.4, -0.2) is 31.1 Å². The molecule has 1 rings (SSSR count). The Bertz CT molecular complexity index is 357. The van der Waals surface area contributed by atoms with Gasteiger partial charge in [0.25, 0.3) is 0 Å². The van der Waals surface area contributed by atoms with Crippen LogP contribution >= 0.6 is 11.8 Å². The van der Waals surface area contributed by atoms with Crippen molar-refractivity contribution in [2.24, 2.45) is 0 Å². The van der Waals surface area contributed by atoms with Gasteiger partial charge in [-0.05, 0) is 26.1 Å². The standard InChI is InChI=1S/C13H21NO2S/c1-9(8-15)17-12-7-5-6-11(16-4)13(12)10(2)14-3/h5-7,9-10,14-15H,8H2,1-4H3. The van der Waals surface area contributed by atoms with E-state index in [2.05, 4.69) is 18.3 Å². The van der Waals surface area contributed by atoms with E-state index in [0.29, 0.717) is 0 Å². The maximum Gasteiger partial charge on any atom is 0.124 e. The lowest BCUT2D eigenvalue weighted by Crippen LogP contribution is -2.15. The van der Waals surface area contributed by atoms with Crippen LogP contribution in [-0.2, 0) is 0 Å². The second-order valence-electron chi connectivity index (χ2n) is 3.99. The first-order valence-electron chi connectivity index (χ1n) is 5.75. The number of nitrogens with one attached hydrogen (secondary N) is 1. The molecule has 0 aliphatic carbocycles. The third-order valence-corrected chi connectivity index (χ3v) is 3.86. The molecule has 0 aliphatic rings. The molecule has 1 aromatic carbocycles. The number of hydrogen-bond acceptors (Lipinski definition) is 4. The van der Waals surface area contributed by atoms with Gasteiger partial charge in [-0.1, -0.05) is 13.0 Å². The van der Waals surface area contributed by atoms with Crippen LogP contribution in [0.15, 0.2) is 23.1 Å². The zero-order chi connectivity index (χ0) is 12.8. The molecule has 0 spiro atoms. The number of thioether (sulfide) groups is 1. The number of benzene rings is 1. The van der Waals surface area contributed by atoms with Gasteiger partial charge in [0.2, 0.25) is 0 Å². The van der Waals surface area contributed by atoms with Crippen molar-refractivity contribution in [3.63, 3.8) is 0 Å². The highest BCUT2D eigenvalue weighted by molar-refractivity contribution is 8.00. The third-order valence-electron chi connectivity index (χ3n) is 2.70. The van der Waals surface area contributed by atoms with E-state index in [9.17, 15) is 0 Å². The summed E-state index contributed by atoms with van der Waals surface area (Å²) in [6.45, 7) is 4.29. The maximum atomic E-state index is 9.14. The molecular weight excluding hydrogens is 234 g/mol. The van der Waals surface area contributed by atoms with Crippen molar-refractivity contribution >= 4 is 11.8 Å². The van der Waals surface area contributed by atoms with Crippen molar-refractivity contribution in [3.05, 3.63) is 23.8 Å². The molecule has 0 aromatic heterocycles. The van der Waals surface area contributed by atoms with Gasteiger partial charge in [0.1, 0.15) is 5.75 Å². The summed E-state index contributed by atoms with van der Waals surface area (Å²) in [5.74, 6) is 0.891. The molecule has 17 heavy (non-hydrogen) atoms. The van der Waals surface area contributed by atoms with Crippen LogP contribution in [0.1, 0.15) is 25.5 Å². The van der Waals surface area contributed by atoms with Crippen LogP contribution in [0.25, 0.3) is 0 Å². The molecule has 4 heteroatoms. The number of rotatable bonds is 6. The molecule has 0 aliphatic heterocycles. The molecule has 0 saturated carbocycles. The summed E-state index contributed by atoms with van der Waals surface area (Å²) < 4.78 is 5.41. The lowest BCUT2D eigenvalue weighted by atomic mass is 10.1. The van der Waals surface area contributed by atoms with E-state index in [1.54, 1.807) is 18.9 Å². The van der Waals surface area contributed by atoms with E-state index in [1.165, 1.54) is 0 Å². The first-order valence-corrected chi connectivity index (χ1v) is 6.63. The number of methoxy groups -OCH3 is 1. The molecule has 0 amide bonds. The summed E-state index contributed by atoms with van der Waals surface area (Å²) in [6, 6.07) is 6.25. The fraction of sp³-hybridized carbons (Fsp3) is 0.538. The van der Waals surface area contributed by atoms with Crippen LogP contribution in [0.4, 0.5) is 0 Å². The number of aliphatic hydroxyl groups excluding tert-OH is 1. The fourth-order valence-electron chi connectivity index (χ4n) is 1.63. The van der Waals surface area contributed by atoms with Gasteiger partial charge in [0.15, 0.2) is 0 Å². The topological polar surface area (TPSA) is 41.5 Å². The smallest absolute Gasteiger partial charge is 0.124 e. The number of ether oxygens (including phenoxy) is 1. The minimum absolute atomic E-state index is 0.176. The van der Waals surface area contributed by atoms with Crippen LogP contribution in [0.2, 0.25) is 0 Å². The molecule has 96 valence electrons. The molecular formula is C13H21NO2S. The van der Waals surface area contributed by atoms with Crippen molar-refractivity contribution in [3.8, 4) is 5.75 Å². The Morgan fingerprint density at radius 2 is 2.12 bits per heavy atom. The fourth-order valence-corrected chi connectivity index (χ4v) is 2.70. The van der Waals surface area contributed by atoms with E-state index in [0.717, 1.165) is 16.2 Å². The van der Waals surface area contributed by atoms with Gasteiger partial charge in [-0.2, -0.15) is 0 Å². The second-order valence-corrected chi connectivity index (χ2v) is 5.47. The first-order chi connectivity index (χ1) is 8.13. The average molecular weight is 255 g/mol. The molecule has 0 heterocycles. The highest BCUT2D eigenvalue weighted by Crippen LogP contribution is 2.36. The highest BCUT2D eigenvalue weighted by atomic mass is 32.2. The largest absolute Gasteiger partial charge is 0.496 e. The van der Waals surface area contributed by atoms with Gasteiger partial charge in [-0.25, -0.2) is 0 Å². The van der Waals surface area contributed by atoms with E-state index in [4.69, 9.17) is 9.84 Å². The lowest BCUT2D eigenvalue weighted by Gasteiger charge is -2.20. The molecule has 0 saturated heterocycles. The summed E-state index contributed by atoms with van der Waals surface area (Å²) in [5.41, 5.74) is 1.16. The zero-order valence-electron chi connectivity index (χ0n) is 10.9. The molecule has 2 atom stereocenters. The van der Waals surface area contributed by atoms with Crippen molar-refractivity contribution in [2.75, 3.05) is 20.8 Å². The molecule has 0 fully saturated rings. The number of aliphatic hydroxyl groups is 1. The Morgan fingerprint density at radius 3 is 2.65 bits per heavy atom. The van der Waals surface area contributed by atoms with Gasteiger partial charge in [-0.3, -0.25) is 0 Å². The lowest BCUT2D eigenvalue weighted by molar-refractivity contribution is 0.300. The van der Waals surface area contributed by atoms with Crippen molar-refractivity contribution in [2.45, 2.75) is 30.0 Å². The van der Waals surface area contributed by atoms with Crippen molar-refractivity contribution < 1.29 is 9.84 Å². The van der Waals surface area contributed by atoms with Crippen LogP contribution < -0.4 is 10.1 Å². The van der Waals surface area contributed by atoms with Gasteiger partial charge in [-0.15, -0.1) is 11.8 Å². The highest BCUT2D eigenvalue weighted by Gasteiger charge is 2.16. The molecule has 0 radical (unpaired) electrons. The van der Waals surface area contributed by atoms with E-state index in [1.807, 2.05) is 26.1 Å². The monoisotopic (exact) mass is 255 g/mol. The molecule has 2 N–H and O–H groups in total. The summed E-state index contributed by atoms with van der Waals surface area (Å²) in [6.07, 6.45) is 0. The van der Waals surface area contributed by atoms with Gasteiger partial charge < -0.3 is 15.2 Å². The quantitative estimate of drug-likeness (QED) is 0.766. The Labute approximate surface area is 108 Å². The van der Waals surface area contributed by atoms with E-state index in [-0.39, 0.29) is 17.9 Å². The number of hydrogen-bond donors (Lipinski definition) is 2. The average Bonchev–Trinajstić information content (AvgIpc) is 2.37. The first kappa shape index (κ1) is 14.4. The Morgan fingerprint density at radius 1 is 1.41 bits per heavy atom. The molecule has 0 bridgehead atoms. The second kappa shape index (κ2) is 6.89. The predicted molar refractivity (Wildman–Crippen MR) is 72.9 cm³/mol. The van der Waals surface area contributed by atoms with Gasteiger partial charge in [0.05, 0.1) is 13.7 Å². The summed E-state index contributed by atoms with van der Waals surface area (Å²) >= 11 is 1.67. The van der Waals surface area contributed by atoms with E-state index < -0.39 is 0 Å². The molecule has 1 aromatic rings.